The van der Waals surface area contributed by atoms with E-state index in [1.807, 2.05) is 0 Å². The van der Waals surface area contributed by atoms with Gasteiger partial charge in [-0.1, -0.05) is 0 Å². The van der Waals surface area contributed by atoms with Gasteiger partial charge in [0, 0.05) is 13.6 Å². The van der Waals surface area contributed by atoms with Crippen LogP contribution >= 0.6 is 0 Å². The molecular formula is C5H7F3N2O. The lowest BCUT2D eigenvalue weighted by Gasteiger charge is -2.17. The number of hydrazine groups is 1. The molecule has 0 atom stereocenters. The molecular weight excluding hydrogens is 161 g/mol. The smallest absolute Gasteiger partial charge is 0.389 e. The van der Waals surface area contributed by atoms with E-state index in [1.165, 1.54) is 18.1 Å². The van der Waals surface area contributed by atoms with E-state index in [1.54, 1.807) is 0 Å². The molecule has 1 rings (SSSR count). The molecule has 3 nitrogen and oxygen atoms in total. The Bertz CT molecular complexity index is 177. The summed E-state index contributed by atoms with van der Waals surface area (Å²) in [6.07, 6.45) is -3.29. The first-order valence-electron chi connectivity index (χ1n) is 2.92. The minimum atomic E-state index is -4.61. The number of ether oxygens (including phenoxy) is 1. The molecule has 1 heterocycles. The largest absolute Gasteiger partial charge is 0.574 e. The average Bonchev–Trinajstić information content (AvgIpc) is 2.12. The zero-order chi connectivity index (χ0) is 8.48. The van der Waals surface area contributed by atoms with Crippen LogP contribution in [0.15, 0.2) is 12.0 Å². The van der Waals surface area contributed by atoms with Gasteiger partial charge in [0.1, 0.15) is 0 Å². The number of nitrogens with zero attached hydrogens (tertiary/aromatic N) is 1. The molecule has 0 aromatic carbocycles. The Labute approximate surface area is 61.4 Å². The SMILES string of the molecule is CN1NCC=C1OC(F)(F)F. The molecule has 0 aromatic rings. The molecule has 0 radical (unpaired) electrons. The summed E-state index contributed by atoms with van der Waals surface area (Å²) in [7, 11) is 1.45. The third kappa shape index (κ3) is 2.30. The number of halogens is 3. The van der Waals surface area contributed by atoms with Gasteiger partial charge in [0.25, 0.3) is 0 Å². The minimum absolute atomic E-state index is 0.211. The van der Waals surface area contributed by atoms with Gasteiger partial charge < -0.3 is 4.74 Å². The maximum absolute atomic E-state index is 11.6. The van der Waals surface area contributed by atoms with Crippen molar-refractivity contribution >= 4 is 0 Å². The number of hydrogen-bond donors (Lipinski definition) is 1. The van der Waals surface area contributed by atoms with Gasteiger partial charge in [-0.3, -0.25) is 5.01 Å². The van der Waals surface area contributed by atoms with E-state index in [9.17, 15) is 13.2 Å². The third-order valence-electron chi connectivity index (χ3n) is 1.16. The average molecular weight is 168 g/mol. The lowest BCUT2D eigenvalue weighted by Crippen LogP contribution is -2.30. The fourth-order valence-electron chi connectivity index (χ4n) is 0.713. The van der Waals surface area contributed by atoms with Crippen LogP contribution in [0, 0.1) is 0 Å². The second kappa shape index (κ2) is 2.61. The Morgan fingerprint density at radius 1 is 1.64 bits per heavy atom. The van der Waals surface area contributed by atoms with Crippen LogP contribution in [-0.4, -0.2) is 25.0 Å². The molecule has 0 aliphatic carbocycles. The quantitative estimate of drug-likeness (QED) is 0.627. The van der Waals surface area contributed by atoms with E-state index in [4.69, 9.17) is 0 Å². The summed E-state index contributed by atoms with van der Waals surface area (Å²) >= 11 is 0. The molecule has 0 saturated heterocycles. The predicted octanol–water partition coefficient (Wildman–Crippen LogP) is 0.814. The van der Waals surface area contributed by atoms with Crippen LogP contribution in [-0.2, 0) is 4.74 Å². The van der Waals surface area contributed by atoms with Crippen molar-refractivity contribution in [3.8, 4) is 0 Å². The van der Waals surface area contributed by atoms with Crippen LogP contribution in [0.5, 0.6) is 0 Å². The minimum Gasteiger partial charge on any atom is -0.389 e. The standard InChI is InChI=1S/C5H7F3N2O/c1-10-4(2-3-9-10)11-5(6,7)8/h2,9H,3H2,1H3. The Kier molecular flexibility index (Phi) is 1.95. The van der Waals surface area contributed by atoms with Crippen molar-refractivity contribution in [1.29, 1.82) is 0 Å². The van der Waals surface area contributed by atoms with Crippen molar-refractivity contribution < 1.29 is 17.9 Å². The third-order valence-corrected chi connectivity index (χ3v) is 1.16. The van der Waals surface area contributed by atoms with Crippen molar-refractivity contribution in [3.05, 3.63) is 12.0 Å². The lowest BCUT2D eigenvalue weighted by molar-refractivity contribution is -0.313. The van der Waals surface area contributed by atoms with Gasteiger partial charge in [-0.2, -0.15) is 0 Å². The number of nitrogens with one attached hydrogen (secondary N) is 1. The van der Waals surface area contributed by atoms with Gasteiger partial charge in [-0.25, -0.2) is 5.43 Å². The lowest BCUT2D eigenvalue weighted by atomic mass is 10.6. The summed E-state index contributed by atoms with van der Waals surface area (Å²) < 4.78 is 38.3. The maximum Gasteiger partial charge on any atom is 0.574 e. The topological polar surface area (TPSA) is 24.5 Å². The maximum atomic E-state index is 11.6. The molecule has 0 unspecified atom stereocenters. The number of rotatable bonds is 1. The molecule has 6 heteroatoms. The molecule has 0 saturated carbocycles. The fraction of sp³-hybridized carbons (Fsp3) is 0.600. The summed E-state index contributed by atoms with van der Waals surface area (Å²) in [6.45, 7) is 0.363. The van der Waals surface area contributed by atoms with Crippen molar-refractivity contribution in [3.63, 3.8) is 0 Å². The molecule has 1 aliphatic heterocycles. The molecule has 0 bridgehead atoms. The van der Waals surface area contributed by atoms with Crippen LogP contribution in [0.2, 0.25) is 0 Å². The summed E-state index contributed by atoms with van der Waals surface area (Å²) in [5, 5.41) is 1.17. The van der Waals surface area contributed by atoms with Gasteiger partial charge in [0.2, 0.25) is 5.88 Å². The first-order valence-corrected chi connectivity index (χ1v) is 2.92. The first-order chi connectivity index (χ1) is 4.99. The normalized spacial score (nSPS) is 18.5. The van der Waals surface area contributed by atoms with E-state index in [0.717, 1.165) is 0 Å². The van der Waals surface area contributed by atoms with E-state index < -0.39 is 6.36 Å². The molecule has 0 amide bonds. The summed E-state index contributed by atoms with van der Waals surface area (Å²) in [4.78, 5) is 0. The van der Waals surface area contributed by atoms with Gasteiger partial charge in [-0.05, 0) is 6.08 Å². The van der Waals surface area contributed by atoms with Crippen molar-refractivity contribution in [1.82, 2.24) is 10.4 Å². The van der Waals surface area contributed by atoms with Crippen LogP contribution < -0.4 is 5.43 Å². The van der Waals surface area contributed by atoms with Crippen LogP contribution in [0.3, 0.4) is 0 Å². The molecule has 0 aromatic heterocycles. The van der Waals surface area contributed by atoms with Crippen molar-refractivity contribution in [2.24, 2.45) is 0 Å². The Hall–Kier alpha value is -0.910. The van der Waals surface area contributed by atoms with Gasteiger partial charge >= 0.3 is 6.36 Å². The monoisotopic (exact) mass is 168 g/mol. The highest BCUT2D eigenvalue weighted by molar-refractivity contribution is 4.97. The van der Waals surface area contributed by atoms with E-state index in [2.05, 4.69) is 10.2 Å². The summed E-state index contributed by atoms with van der Waals surface area (Å²) in [5.74, 6) is -0.211. The summed E-state index contributed by atoms with van der Waals surface area (Å²) in [6, 6.07) is 0. The predicted molar refractivity (Wildman–Crippen MR) is 31.0 cm³/mol. The van der Waals surface area contributed by atoms with Gasteiger partial charge in [-0.15, -0.1) is 13.2 Å². The molecule has 0 fully saturated rings. The first kappa shape index (κ1) is 8.19. The molecule has 1 N–H and O–H groups in total. The summed E-state index contributed by atoms with van der Waals surface area (Å²) in [5.41, 5.74) is 2.61. The molecule has 1 aliphatic rings. The van der Waals surface area contributed by atoms with E-state index in [0.29, 0.717) is 6.54 Å². The van der Waals surface area contributed by atoms with Gasteiger partial charge in [0.15, 0.2) is 0 Å². The van der Waals surface area contributed by atoms with Crippen LogP contribution in [0.4, 0.5) is 13.2 Å². The van der Waals surface area contributed by atoms with Crippen molar-refractivity contribution in [2.75, 3.05) is 13.6 Å². The fourth-order valence-corrected chi connectivity index (χ4v) is 0.713. The molecule has 0 spiro atoms. The highest BCUT2D eigenvalue weighted by Gasteiger charge is 2.34. The zero-order valence-electron chi connectivity index (χ0n) is 5.77. The van der Waals surface area contributed by atoms with Gasteiger partial charge in [0.05, 0.1) is 0 Å². The Morgan fingerprint density at radius 3 is 2.64 bits per heavy atom. The molecule has 11 heavy (non-hydrogen) atoms. The van der Waals surface area contributed by atoms with E-state index in [-0.39, 0.29) is 5.88 Å². The van der Waals surface area contributed by atoms with Crippen molar-refractivity contribution in [2.45, 2.75) is 6.36 Å². The highest BCUT2D eigenvalue weighted by atomic mass is 19.4. The Morgan fingerprint density at radius 2 is 2.27 bits per heavy atom. The Balaban J connectivity index is 2.49. The zero-order valence-corrected chi connectivity index (χ0v) is 5.77. The second-order valence-corrected chi connectivity index (χ2v) is 2.01. The molecule has 64 valence electrons. The van der Waals surface area contributed by atoms with Crippen LogP contribution in [0.25, 0.3) is 0 Å². The number of hydrogen-bond acceptors (Lipinski definition) is 3. The van der Waals surface area contributed by atoms with E-state index >= 15 is 0 Å². The second-order valence-electron chi connectivity index (χ2n) is 2.01. The van der Waals surface area contributed by atoms with Crippen LogP contribution in [0.1, 0.15) is 0 Å². The number of alkyl halides is 3. The highest BCUT2D eigenvalue weighted by Crippen LogP contribution is 2.22.